The first kappa shape index (κ1) is 21.9. The number of amides is 1. The summed E-state index contributed by atoms with van der Waals surface area (Å²) in [7, 11) is 3.25. The van der Waals surface area contributed by atoms with Crippen molar-refractivity contribution in [2.75, 3.05) is 39.2 Å². The van der Waals surface area contributed by atoms with E-state index in [0.717, 1.165) is 33.5 Å². The molecule has 3 rings (SSSR count). The second-order valence-corrected chi connectivity index (χ2v) is 8.01. The number of hydrogen-bond donors (Lipinski definition) is 3. The number of hydrogen-bond acceptors (Lipinski definition) is 8. The summed E-state index contributed by atoms with van der Waals surface area (Å²) in [6.45, 7) is 2.20. The predicted molar refractivity (Wildman–Crippen MR) is 117 cm³/mol. The number of aliphatic hydroxyl groups excluding tert-OH is 2. The van der Waals surface area contributed by atoms with Crippen LogP contribution < -0.4 is 10.1 Å². The minimum Gasteiger partial charge on any atom is -0.497 e. The van der Waals surface area contributed by atoms with Gasteiger partial charge in [-0.2, -0.15) is 0 Å². The van der Waals surface area contributed by atoms with Crippen LogP contribution >= 0.6 is 11.3 Å². The Balaban J connectivity index is 1.77. The number of carbonyl (C=O) groups is 1. The Morgan fingerprint density at radius 1 is 1.37 bits per heavy atom. The highest BCUT2D eigenvalue weighted by atomic mass is 32.1. The number of likely N-dealkylation sites (N-methyl/N-ethyl adjacent to an activating group) is 1. The SMILES string of the molecule is COc1cccc(CCNc2ncnc3sc(C(=O)N(C)C[C@@H](O)CO)c(C)c23)c1. The van der Waals surface area contributed by atoms with E-state index in [9.17, 15) is 9.90 Å². The maximum atomic E-state index is 12.8. The van der Waals surface area contributed by atoms with Crippen molar-refractivity contribution in [1.82, 2.24) is 14.9 Å². The first-order valence-electron chi connectivity index (χ1n) is 9.59. The number of ether oxygens (including phenoxy) is 1. The zero-order chi connectivity index (χ0) is 21.7. The number of benzene rings is 1. The zero-order valence-corrected chi connectivity index (χ0v) is 18.1. The van der Waals surface area contributed by atoms with Crippen LogP contribution in [-0.4, -0.2) is 70.9 Å². The lowest BCUT2D eigenvalue weighted by Crippen LogP contribution is -2.35. The average Bonchev–Trinajstić information content (AvgIpc) is 3.10. The molecule has 2 heterocycles. The van der Waals surface area contributed by atoms with Gasteiger partial charge in [-0.1, -0.05) is 12.1 Å². The third kappa shape index (κ3) is 4.86. The maximum Gasteiger partial charge on any atom is 0.264 e. The van der Waals surface area contributed by atoms with Crippen molar-refractivity contribution >= 4 is 33.3 Å². The lowest BCUT2D eigenvalue weighted by Gasteiger charge is -2.19. The summed E-state index contributed by atoms with van der Waals surface area (Å²) in [5, 5.41) is 22.8. The van der Waals surface area contributed by atoms with Gasteiger partial charge in [-0.25, -0.2) is 9.97 Å². The largest absolute Gasteiger partial charge is 0.497 e. The third-order valence-electron chi connectivity index (χ3n) is 4.80. The maximum absolute atomic E-state index is 12.8. The topological polar surface area (TPSA) is 108 Å². The molecule has 160 valence electrons. The molecular formula is C21H26N4O4S. The molecule has 1 atom stereocenters. The molecule has 0 aliphatic carbocycles. The van der Waals surface area contributed by atoms with Gasteiger partial charge in [-0.3, -0.25) is 4.79 Å². The summed E-state index contributed by atoms with van der Waals surface area (Å²) in [4.78, 5) is 24.2. The minimum atomic E-state index is -0.970. The summed E-state index contributed by atoms with van der Waals surface area (Å²) in [5.41, 5.74) is 1.95. The van der Waals surface area contributed by atoms with Crippen LogP contribution in [0.25, 0.3) is 10.2 Å². The Morgan fingerprint density at radius 2 is 2.17 bits per heavy atom. The Morgan fingerprint density at radius 3 is 2.90 bits per heavy atom. The van der Waals surface area contributed by atoms with Gasteiger partial charge >= 0.3 is 0 Å². The minimum absolute atomic E-state index is 0.0559. The molecule has 0 bridgehead atoms. The number of nitrogens with one attached hydrogen (secondary N) is 1. The number of thiophene rings is 1. The van der Waals surface area contributed by atoms with Gasteiger partial charge in [0.15, 0.2) is 0 Å². The quantitative estimate of drug-likeness (QED) is 0.477. The highest BCUT2D eigenvalue weighted by Gasteiger charge is 2.23. The lowest BCUT2D eigenvalue weighted by atomic mass is 10.1. The van der Waals surface area contributed by atoms with Crippen LogP contribution in [-0.2, 0) is 6.42 Å². The van der Waals surface area contributed by atoms with Gasteiger partial charge in [0.2, 0.25) is 0 Å². The Hall–Kier alpha value is -2.75. The molecule has 9 heteroatoms. The molecule has 0 fully saturated rings. The van der Waals surface area contributed by atoms with Crippen molar-refractivity contribution in [3.63, 3.8) is 0 Å². The number of fused-ring (bicyclic) bond motifs is 1. The fourth-order valence-corrected chi connectivity index (χ4v) is 4.34. The molecule has 0 aliphatic rings. The fraction of sp³-hybridized carbons (Fsp3) is 0.381. The van der Waals surface area contributed by atoms with Crippen LogP contribution in [0.1, 0.15) is 20.8 Å². The molecular weight excluding hydrogens is 404 g/mol. The number of rotatable bonds is 9. The molecule has 3 N–H and O–H groups in total. The van der Waals surface area contributed by atoms with E-state index in [0.29, 0.717) is 17.2 Å². The summed E-state index contributed by atoms with van der Waals surface area (Å²) in [5.74, 6) is 1.29. The predicted octanol–water partition coefficient (Wildman–Crippen LogP) is 2.09. The van der Waals surface area contributed by atoms with E-state index in [1.807, 2.05) is 31.2 Å². The molecule has 0 saturated heterocycles. The van der Waals surface area contributed by atoms with Crippen LogP contribution in [0, 0.1) is 6.92 Å². The Labute approximate surface area is 179 Å². The van der Waals surface area contributed by atoms with E-state index in [1.165, 1.54) is 22.6 Å². The van der Waals surface area contributed by atoms with Gasteiger partial charge in [-0.05, 0) is 36.6 Å². The number of methoxy groups -OCH3 is 1. The normalized spacial score (nSPS) is 12.0. The van der Waals surface area contributed by atoms with Gasteiger partial charge in [0.1, 0.15) is 22.7 Å². The second-order valence-electron chi connectivity index (χ2n) is 7.01. The number of nitrogens with zero attached hydrogens (tertiary/aromatic N) is 3. The van der Waals surface area contributed by atoms with Gasteiger partial charge in [0.25, 0.3) is 5.91 Å². The number of aliphatic hydroxyl groups is 2. The summed E-state index contributed by atoms with van der Waals surface area (Å²) in [6, 6.07) is 7.92. The first-order valence-corrected chi connectivity index (χ1v) is 10.4. The number of aryl methyl sites for hydroxylation is 1. The van der Waals surface area contributed by atoms with Crippen molar-refractivity contribution in [2.45, 2.75) is 19.4 Å². The van der Waals surface area contributed by atoms with E-state index < -0.39 is 12.7 Å². The molecule has 0 unspecified atom stereocenters. The number of anilines is 1. The molecule has 0 spiro atoms. The van der Waals surface area contributed by atoms with Crippen molar-refractivity contribution < 1.29 is 19.7 Å². The molecule has 3 aromatic rings. The number of aromatic nitrogens is 2. The highest BCUT2D eigenvalue weighted by molar-refractivity contribution is 7.20. The van der Waals surface area contributed by atoms with E-state index in [2.05, 4.69) is 15.3 Å². The van der Waals surface area contributed by atoms with Gasteiger partial charge in [-0.15, -0.1) is 11.3 Å². The number of carbonyl (C=O) groups excluding carboxylic acids is 1. The molecule has 30 heavy (non-hydrogen) atoms. The van der Waals surface area contributed by atoms with Crippen molar-refractivity contribution in [1.29, 1.82) is 0 Å². The standard InChI is InChI=1S/C21H26N4O4S/c1-13-17-19(22-8-7-14-5-4-6-16(9-14)29-3)23-12-24-20(17)30-18(13)21(28)25(2)10-15(27)11-26/h4-6,9,12,15,26-27H,7-8,10-11H2,1-3H3,(H,22,23,24)/t15-/m1/s1. The average molecular weight is 431 g/mol. The van der Waals surface area contributed by atoms with Crippen LogP contribution in [0.15, 0.2) is 30.6 Å². The van der Waals surface area contributed by atoms with Crippen LogP contribution in [0.2, 0.25) is 0 Å². The smallest absolute Gasteiger partial charge is 0.264 e. The summed E-state index contributed by atoms with van der Waals surface area (Å²) < 4.78 is 5.26. The van der Waals surface area contributed by atoms with Gasteiger partial charge in [0, 0.05) is 20.1 Å². The lowest BCUT2D eigenvalue weighted by molar-refractivity contribution is 0.0523. The fourth-order valence-electron chi connectivity index (χ4n) is 3.19. The summed E-state index contributed by atoms with van der Waals surface area (Å²) >= 11 is 1.30. The van der Waals surface area contributed by atoms with Crippen molar-refractivity contribution in [3.05, 3.63) is 46.6 Å². The van der Waals surface area contributed by atoms with Crippen LogP contribution in [0.5, 0.6) is 5.75 Å². The van der Waals surface area contributed by atoms with Crippen molar-refractivity contribution in [2.24, 2.45) is 0 Å². The van der Waals surface area contributed by atoms with E-state index >= 15 is 0 Å². The monoisotopic (exact) mass is 430 g/mol. The zero-order valence-electron chi connectivity index (χ0n) is 17.3. The van der Waals surface area contributed by atoms with Crippen molar-refractivity contribution in [3.8, 4) is 5.75 Å². The highest BCUT2D eigenvalue weighted by Crippen LogP contribution is 2.33. The molecule has 8 nitrogen and oxygen atoms in total. The molecule has 1 aromatic carbocycles. The van der Waals surface area contributed by atoms with Crippen LogP contribution in [0.4, 0.5) is 5.82 Å². The molecule has 0 radical (unpaired) electrons. The van der Waals surface area contributed by atoms with Gasteiger partial charge < -0.3 is 25.2 Å². The molecule has 0 saturated carbocycles. The molecule has 2 aromatic heterocycles. The molecule has 1 amide bonds. The molecule has 0 aliphatic heterocycles. The Kier molecular flexibility index (Phi) is 7.20. The van der Waals surface area contributed by atoms with E-state index in [1.54, 1.807) is 14.2 Å². The van der Waals surface area contributed by atoms with Gasteiger partial charge in [0.05, 0.1) is 30.1 Å². The third-order valence-corrected chi connectivity index (χ3v) is 5.99. The summed E-state index contributed by atoms with van der Waals surface area (Å²) in [6.07, 6.45) is 1.31. The second kappa shape index (κ2) is 9.84. The first-order chi connectivity index (χ1) is 14.4. The Bertz CT molecular complexity index is 1020. The van der Waals surface area contributed by atoms with E-state index in [4.69, 9.17) is 9.84 Å². The van der Waals surface area contributed by atoms with Crippen LogP contribution in [0.3, 0.4) is 0 Å². The van der Waals surface area contributed by atoms with E-state index in [-0.39, 0.29) is 12.5 Å².